The Morgan fingerprint density at radius 3 is 2.45 bits per heavy atom. The zero-order valence-corrected chi connectivity index (χ0v) is 11.4. The van der Waals surface area contributed by atoms with Gasteiger partial charge < -0.3 is 19.7 Å². The van der Waals surface area contributed by atoms with Crippen molar-refractivity contribution in [2.45, 2.75) is 0 Å². The van der Waals surface area contributed by atoms with Gasteiger partial charge in [-0.1, -0.05) is 18.2 Å². The molecule has 3 aromatic rings. The summed E-state index contributed by atoms with van der Waals surface area (Å²) in [7, 11) is 0. The Hall–Kier alpha value is -3.21. The molecular weight excluding hydrogens is 284 g/mol. The van der Waals surface area contributed by atoms with E-state index in [1.54, 1.807) is 30.4 Å². The predicted octanol–water partition coefficient (Wildman–Crippen LogP) is 3.08. The molecule has 0 radical (unpaired) electrons. The average Bonchev–Trinajstić information content (AvgIpc) is 2.48. The van der Waals surface area contributed by atoms with E-state index in [2.05, 4.69) is 0 Å². The van der Waals surface area contributed by atoms with Crippen molar-refractivity contribution >= 4 is 23.1 Å². The zero-order valence-electron chi connectivity index (χ0n) is 11.4. The normalized spacial score (nSPS) is 11.3. The van der Waals surface area contributed by atoms with Crippen LogP contribution in [0.2, 0.25) is 0 Å². The molecule has 0 aliphatic heterocycles. The molecule has 3 N–H and O–H groups in total. The Kier molecular flexibility index (Phi) is 3.31. The third kappa shape index (κ3) is 2.52. The van der Waals surface area contributed by atoms with E-state index in [0.29, 0.717) is 16.9 Å². The van der Waals surface area contributed by atoms with Gasteiger partial charge in [0.1, 0.15) is 22.5 Å². The van der Waals surface area contributed by atoms with Gasteiger partial charge in [0.2, 0.25) is 0 Å². The predicted molar refractivity (Wildman–Crippen MR) is 82.8 cm³/mol. The van der Waals surface area contributed by atoms with Gasteiger partial charge in [-0.25, -0.2) is 0 Å². The summed E-state index contributed by atoms with van der Waals surface area (Å²) < 4.78 is 5.54. The summed E-state index contributed by atoms with van der Waals surface area (Å²) >= 11 is 0. The lowest BCUT2D eigenvalue weighted by Crippen LogP contribution is -2.00. The first kappa shape index (κ1) is 13.8. The van der Waals surface area contributed by atoms with Crippen LogP contribution in [0.3, 0.4) is 0 Å². The van der Waals surface area contributed by atoms with Gasteiger partial charge in [0.05, 0.1) is 0 Å². The molecule has 22 heavy (non-hydrogen) atoms. The minimum Gasteiger partial charge on any atom is -0.507 e. The third-order valence-electron chi connectivity index (χ3n) is 3.19. The van der Waals surface area contributed by atoms with Gasteiger partial charge in [-0.2, -0.15) is 0 Å². The molecule has 0 spiro atoms. The number of hydrogen-bond acceptors (Lipinski definition) is 5. The Balaban J connectivity index is 2.02. The van der Waals surface area contributed by atoms with Gasteiger partial charge in [0, 0.05) is 6.07 Å². The van der Waals surface area contributed by atoms with E-state index in [0.717, 1.165) is 0 Å². The lowest BCUT2D eigenvalue weighted by atomic mass is 10.1. The second-order valence-electron chi connectivity index (χ2n) is 4.74. The van der Waals surface area contributed by atoms with Gasteiger partial charge in [-0.3, -0.25) is 4.79 Å². The van der Waals surface area contributed by atoms with Crippen LogP contribution in [0.4, 0.5) is 0 Å². The summed E-state index contributed by atoms with van der Waals surface area (Å²) in [5.41, 5.74) is 0.585. The van der Waals surface area contributed by atoms with E-state index in [1.165, 1.54) is 24.3 Å². The Bertz CT molecular complexity index is 937. The number of rotatable bonds is 2. The molecule has 0 aliphatic rings. The maximum atomic E-state index is 12.0. The highest BCUT2D eigenvalue weighted by Crippen LogP contribution is 2.26. The van der Waals surface area contributed by atoms with Crippen LogP contribution in [-0.2, 0) is 0 Å². The van der Waals surface area contributed by atoms with Crippen LogP contribution in [0, 0.1) is 0 Å². The lowest BCUT2D eigenvalue weighted by Gasteiger charge is -2.01. The molecule has 1 aromatic heterocycles. The van der Waals surface area contributed by atoms with E-state index in [4.69, 9.17) is 4.42 Å². The highest BCUT2D eigenvalue weighted by Gasteiger charge is 2.07. The summed E-state index contributed by atoms with van der Waals surface area (Å²) in [4.78, 5) is 12.0. The Morgan fingerprint density at radius 1 is 0.864 bits per heavy atom. The quantitative estimate of drug-likeness (QED) is 0.632. The maximum absolute atomic E-state index is 12.0. The van der Waals surface area contributed by atoms with Gasteiger partial charge in [-0.15, -0.1) is 0 Å². The summed E-state index contributed by atoms with van der Waals surface area (Å²) in [5.74, 6) is -0.238. The monoisotopic (exact) mass is 296 g/mol. The topological polar surface area (TPSA) is 90.9 Å². The first-order chi connectivity index (χ1) is 10.5. The summed E-state index contributed by atoms with van der Waals surface area (Å²) in [6.07, 6.45) is 3.20. The fraction of sp³-hybridized carbons (Fsp3) is 0. The SMILES string of the molecule is O=c1cc(C=Cc2ccc(O)c(O)c2)oc2cccc(O)c12. The lowest BCUT2D eigenvalue weighted by molar-refractivity contribution is 0.403. The first-order valence-electron chi connectivity index (χ1n) is 6.50. The van der Waals surface area contributed by atoms with Crippen molar-refractivity contribution < 1.29 is 19.7 Å². The van der Waals surface area contributed by atoms with Crippen molar-refractivity contribution in [1.82, 2.24) is 0 Å². The Labute approximate surface area is 125 Å². The Morgan fingerprint density at radius 2 is 1.68 bits per heavy atom. The van der Waals surface area contributed by atoms with Gasteiger partial charge in [0.25, 0.3) is 0 Å². The summed E-state index contributed by atoms with van der Waals surface area (Å²) in [6, 6.07) is 10.2. The number of fused-ring (bicyclic) bond motifs is 1. The second kappa shape index (κ2) is 5.29. The highest BCUT2D eigenvalue weighted by molar-refractivity contribution is 5.84. The molecule has 1 heterocycles. The van der Waals surface area contributed by atoms with Crippen LogP contribution in [0.5, 0.6) is 17.2 Å². The van der Waals surface area contributed by atoms with Crippen LogP contribution < -0.4 is 5.43 Å². The van der Waals surface area contributed by atoms with E-state index in [-0.39, 0.29) is 28.1 Å². The van der Waals surface area contributed by atoms with Crippen molar-refractivity contribution in [1.29, 1.82) is 0 Å². The van der Waals surface area contributed by atoms with Crippen LogP contribution in [0.1, 0.15) is 11.3 Å². The van der Waals surface area contributed by atoms with E-state index < -0.39 is 0 Å². The average molecular weight is 296 g/mol. The molecule has 0 unspecified atom stereocenters. The van der Waals surface area contributed by atoms with Crippen molar-refractivity contribution in [3.63, 3.8) is 0 Å². The summed E-state index contributed by atoms with van der Waals surface area (Å²) in [6.45, 7) is 0. The minimum absolute atomic E-state index is 0.120. The molecule has 2 aromatic carbocycles. The number of phenols is 3. The highest BCUT2D eigenvalue weighted by atomic mass is 16.3. The van der Waals surface area contributed by atoms with Crippen molar-refractivity contribution in [2.24, 2.45) is 0 Å². The van der Waals surface area contributed by atoms with Gasteiger partial charge >= 0.3 is 0 Å². The molecule has 0 bridgehead atoms. The fourth-order valence-corrected chi connectivity index (χ4v) is 2.11. The molecule has 5 nitrogen and oxygen atoms in total. The van der Waals surface area contributed by atoms with Crippen LogP contribution in [0.15, 0.2) is 51.7 Å². The number of benzene rings is 2. The molecule has 3 rings (SSSR count). The standard InChI is InChI=1S/C17H12O5/c18-12-7-5-10(8-14(12)20)4-6-11-9-15(21)17-13(19)2-1-3-16(17)22-11/h1-9,18-20H. The van der Waals surface area contributed by atoms with E-state index in [9.17, 15) is 20.1 Å². The van der Waals surface area contributed by atoms with Gasteiger partial charge in [-0.05, 0) is 35.9 Å². The second-order valence-corrected chi connectivity index (χ2v) is 4.74. The molecule has 0 amide bonds. The van der Waals surface area contributed by atoms with Crippen molar-refractivity contribution in [3.8, 4) is 17.2 Å². The third-order valence-corrected chi connectivity index (χ3v) is 3.19. The summed E-state index contributed by atoms with van der Waals surface area (Å²) in [5, 5.41) is 28.5. The molecule has 0 atom stereocenters. The fourth-order valence-electron chi connectivity index (χ4n) is 2.11. The van der Waals surface area contributed by atoms with Crippen LogP contribution in [-0.4, -0.2) is 15.3 Å². The van der Waals surface area contributed by atoms with E-state index >= 15 is 0 Å². The first-order valence-corrected chi connectivity index (χ1v) is 6.50. The number of hydrogen-bond donors (Lipinski definition) is 3. The minimum atomic E-state index is -0.340. The largest absolute Gasteiger partial charge is 0.507 e. The maximum Gasteiger partial charge on any atom is 0.197 e. The van der Waals surface area contributed by atoms with E-state index in [1.807, 2.05) is 0 Å². The zero-order chi connectivity index (χ0) is 15.7. The molecule has 5 heteroatoms. The molecule has 0 aliphatic carbocycles. The van der Waals surface area contributed by atoms with Gasteiger partial charge in [0.15, 0.2) is 16.9 Å². The van der Waals surface area contributed by atoms with Crippen LogP contribution >= 0.6 is 0 Å². The molecule has 0 fully saturated rings. The molecular formula is C17H12O5. The molecule has 0 saturated heterocycles. The number of aromatic hydroxyl groups is 3. The van der Waals surface area contributed by atoms with Crippen molar-refractivity contribution in [3.05, 3.63) is 64.0 Å². The number of phenolic OH excluding ortho intramolecular Hbond substituents is 3. The van der Waals surface area contributed by atoms with Crippen molar-refractivity contribution in [2.75, 3.05) is 0 Å². The molecule has 110 valence electrons. The smallest absolute Gasteiger partial charge is 0.197 e. The van der Waals surface area contributed by atoms with Crippen LogP contribution in [0.25, 0.3) is 23.1 Å². The molecule has 0 saturated carbocycles.